The zero-order valence-electron chi connectivity index (χ0n) is 41.8. The number of para-hydroxylation sites is 2. The molecule has 0 fully saturated rings. The summed E-state index contributed by atoms with van der Waals surface area (Å²) in [6.45, 7) is 0. The van der Waals surface area contributed by atoms with Crippen molar-refractivity contribution in [3.05, 3.63) is 279 Å². The lowest BCUT2D eigenvalue weighted by Gasteiger charge is -2.54. The van der Waals surface area contributed by atoms with E-state index >= 15 is 0 Å². The Balaban J connectivity index is 1.09. The highest BCUT2D eigenvalue weighted by atomic mass is 16.3. The van der Waals surface area contributed by atoms with Crippen molar-refractivity contribution in [2.24, 2.45) is 0 Å². The molecule has 0 radical (unpaired) electrons. The number of hydrogen-bond acceptors (Lipinski definition) is 4. The smallest absolute Gasteiger partial charge is 0.250 e. The van der Waals surface area contributed by atoms with E-state index in [9.17, 15) is 0 Å². The van der Waals surface area contributed by atoms with E-state index in [-0.39, 0.29) is 0 Å². The van der Waals surface area contributed by atoms with Crippen molar-refractivity contribution < 1.29 is 13.3 Å². The monoisotopic (exact) mass is 983 g/mol. The highest BCUT2D eigenvalue weighted by Gasteiger charge is 2.53. The molecule has 0 amide bonds. The van der Waals surface area contributed by atoms with Crippen molar-refractivity contribution in [1.29, 1.82) is 0 Å². The van der Waals surface area contributed by atoms with Crippen LogP contribution >= 0.6 is 0 Å². The molecular weight excluding hydrogens is 938 g/mol. The minimum Gasteiger partial charge on any atom is -0.456 e. The first-order chi connectivity index (χ1) is 38.2. The number of anilines is 6. The molecule has 0 aliphatic carbocycles. The predicted molar refractivity (Wildman–Crippen MR) is 319 cm³/mol. The number of fused-ring (bicyclic) bond motifs is 10. The molecule has 14 aromatic rings. The SMILES string of the molecule is c1ccc(-c2cc(-c3ccccc3)cc(N3c4cc5oc6ccccc6c5cc4[B-]4(c5ccccc5)c5cc6c(cc5N(c5cc(-c7ccccc7)cc(-c7ccccc7)c5)c5cccc3[n+]54)oc3ccccc36)c2)cc1. The van der Waals surface area contributed by atoms with Crippen LogP contribution in [-0.2, 0) is 0 Å². The van der Waals surface area contributed by atoms with E-state index in [0.29, 0.717) is 0 Å². The molecule has 5 heterocycles. The van der Waals surface area contributed by atoms with Gasteiger partial charge in [0.2, 0.25) is 6.28 Å². The van der Waals surface area contributed by atoms with Crippen molar-refractivity contribution in [3.63, 3.8) is 0 Å². The summed E-state index contributed by atoms with van der Waals surface area (Å²) >= 11 is 0. The minimum absolute atomic E-state index is 0.834. The summed E-state index contributed by atoms with van der Waals surface area (Å²) in [6.07, 6.45) is -2.11. The second-order valence-electron chi connectivity index (χ2n) is 20.5. The molecule has 0 saturated heterocycles. The molecule has 0 saturated carbocycles. The predicted octanol–water partition coefficient (Wildman–Crippen LogP) is 16.5. The fourth-order valence-corrected chi connectivity index (χ4v) is 13.0. The Morgan fingerprint density at radius 3 is 1.01 bits per heavy atom. The van der Waals surface area contributed by atoms with Crippen LogP contribution in [-0.4, -0.2) is 6.28 Å². The third-order valence-electron chi connectivity index (χ3n) is 16.3. The maximum Gasteiger partial charge on any atom is 0.250 e. The molecule has 360 valence electrons. The molecule has 11 aromatic carbocycles. The van der Waals surface area contributed by atoms with Crippen molar-refractivity contribution >= 4 is 101 Å². The molecule has 0 bridgehead atoms. The van der Waals surface area contributed by atoms with Gasteiger partial charge in [0, 0.05) is 45.8 Å². The molecule has 2 aliphatic rings. The highest BCUT2D eigenvalue weighted by molar-refractivity contribution is 7.08. The molecule has 2 aliphatic heterocycles. The van der Waals surface area contributed by atoms with Gasteiger partial charge in [-0.1, -0.05) is 200 Å². The Morgan fingerprint density at radius 1 is 0.273 bits per heavy atom. The summed E-state index contributed by atoms with van der Waals surface area (Å²) in [5.41, 5.74) is 20.2. The lowest BCUT2D eigenvalue weighted by molar-refractivity contribution is -0.512. The van der Waals surface area contributed by atoms with E-state index < -0.39 is 6.28 Å². The van der Waals surface area contributed by atoms with Crippen LogP contribution in [0.4, 0.5) is 34.4 Å². The zero-order valence-corrected chi connectivity index (χ0v) is 41.8. The normalized spacial score (nSPS) is 13.2. The van der Waals surface area contributed by atoms with E-state index in [4.69, 9.17) is 8.83 Å². The van der Waals surface area contributed by atoms with Crippen LogP contribution in [0.15, 0.2) is 288 Å². The maximum atomic E-state index is 6.91. The van der Waals surface area contributed by atoms with E-state index in [1.54, 1.807) is 0 Å². The van der Waals surface area contributed by atoms with Crippen LogP contribution in [0.5, 0.6) is 0 Å². The number of hydrogen-bond donors (Lipinski definition) is 0. The van der Waals surface area contributed by atoms with Crippen LogP contribution in [0, 0.1) is 0 Å². The molecule has 16 rings (SSSR count). The molecule has 0 N–H and O–H groups in total. The third kappa shape index (κ3) is 6.59. The Kier molecular flexibility index (Phi) is 9.51. The number of furan rings is 2. The summed E-state index contributed by atoms with van der Waals surface area (Å²) in [6, 6.07) is 102. The third-order valence-corrected chi connectivity index (χ3v) is 16.3. The van der Waals surface area contributed by atoms with Crippen molar-refractivity contribution in [2.45, 2.75) is 0 Å². The summed E-state index contributed by atoms with van der Waals surface area (Å²) in [5.74, 6) is 2.04. The van der Waals surface area contributed by atoms with Gasteiger partial charge in [0.15, 0.2) is 11.6 Å². The van der Waals surface area contributed by atoms with Gasteiger partial charge in [0.1, 0.15) is 33.7 Å². The zero-order chi connectivity index (χ0) is 50.6. The van der Waals surface area contributed by atoms with Gasteiger partial charge in [-0.15, -0.1) is 10.9 Å². The van der Waals surface area contributed by atoms with Gasteiger partial charge in [0.25, 0.3) is 0 Å². The highest BCUT2D eigenvalue weighted by Crippen LogP contribution is 2.49. The van der Waals surface area contributed by atoms with Crippen LogP contribution in [0.3, 0.4) is 0 Å². The molecular formula is C71H46BN3O2. The lowest BCUT2D eigenvalue weighted by atomic mass is 9.22. The average molecular weight is 984 g/mol. The van der Waals surface area contributed by atoms with Gasteiger partial charge in [-0.3, -0.25) is 0 Å². The fraction of sp³-hybridized carbons (Fsp3) is 0. The summed E-state index contributed by atoms with van der Waals surface area (Å²) in [5, 5.41) is 4.31. The number of benzene rings is 11. The van der Waals surface area contributed by atoms with Crippen LogP contribution in [0.1, 0.15) is 0 Å². The standard InChI is InChI=1S/C71H46BN3O2/c1-6-21-47(22-7-1)51-37-52(48-23-8-2-9-24-48)40-56(39-51)73-64-45-68-60(58-31-16-18-33-66(58)76-68)43-62(64)72(55-29-14-5-15-30-55)63-44-61-59-32-17-19-34-67(59)77-69(61)46-65(63)74(71-36-20-35-70(73)75(71)72)57-41-53(49-25-10-3-11-26-49)38-54(42-57)50-27-12-4-13-28-50/h1-46H. The molecule has 0 atom stereocenters. The number of pyridine rings is 1. The molecule has 0 unspecified atom stereocenters. The molecule has 77 heavy (non-hydrogen) atoms. The van der Waals surface area contributed by atoms with Crippen molar-refractivity contribution in [2.75, 3.05) is 9.80 Å². The first-order valence-electron chi connectivity index (χ1n) is 26.5. The number of rotatable bonds is 7. The van der Waals surface area contributed by atoms with E-state index in [0.717, 1.165) is 123 Å². The second-order valence-corrected chi connectivity index (χ2v) is 20.5. The second kappa shape index (κ2) is 16.9. The first kappa shape index (κ1) is 43.3. The van der Waals surface area contributed by atoms with E-state index in [2.05, 4.69) is 293 Å². The largest absolute Gasteiger partial charge is 0.456 e. The molecule has 3 aromatic heterocycles. The van der Waals surface area contributed by atoms with Gasteiger partial charge >= 0.3 is 0 Å². The van der Waals surface area contributed by atoms with Gasteiger partial charge in [0.05, 0.1) is 11.4 Å². The van der Waals surface area contributed by atoms with Crippen molar-refractivity contribution in [1.82, 2.24) is 0 Å². The first-order valence-corrected chi connectivity index (χ1v) is 26.5. The summed E-state index contributed by atoms with van der Waals surface area (Å²) in [4.78, 5) is 5.00. The molecule has 5 nitrogen and oxygen atoms in total. The Labute approximate surface area is 445 Å². The summed E-state index contributed by atoms with van der Waals surface area (Å²) < 4.78 is 16.5. The topological polar surface area (TPSA) is 36.6 Å². The Morgan fingerprint density at radius 2 is 0.623 bits per heavy atom. The Hall–Kier alpha value is -10.2. The van der Waals surface area contributed by atoms with E-state index in [1.165, 1.54) is 16.4 Å². The maximum absolute atomic E-state index is 6.91. The molecule has 6 heteroatoms. The lowest BCUT2D eigenvalue weighted by Crippen LogP contribution is -2.89. The van der Waals surface area contributed by atoms with Crippen LogP contribution < -0.4 is 30.7 Å². The summed E-state index contributed by atoms with van der Waals surface area (Å²) in [7, 11) is 0. The number of nitrogens with zero attached hydrogens (tertiary/aromatic N) is 3. The van der Waals surface area contributed by atoms with Crippen LogP contribution in [0.2, 0.25) is 0 Å². The minimum atomic E-state index is -2.11. The van der Waals surface area contributed by atoms with Gasteiger partial charge in [-0.25, -0.2) is 9.80 Å². The fourth-order valence-electron chi connectivity index (χ4n) is 13.0. The van der Waals surface area contributed by atoms with Crippen molar-refractivity contribution in [3.8, 4) is 44.5 Å². The van der Waals surface area contributed by atoms with E-state index in [1.807, 2.05) is 0 Å². The van der Waals surface area contributed by atoms with Gasteiger partial charge in [-0.05, 0) is 99.1 Å². The quantitative estimate of drug-likeness (QED) is 0.149. The van der Waals surface area contributed by atoms with Gasteiger partial charge < -0.3 is 13.3 Å². The van der Waals surface area contributed by atoms with Gasteiger partial charge in [-0.2, -0.15) is 5.46 Å². The average Bonchev–Trinajstić information content (AvgIpc) is 4.22. The van der Waals surface area contributed by atoms with Crippen LogP contribution in [0.25, 0.3) is 88.4 Å². The molecule has 0 spiro atoms. The number of aromatic nitrogens is 1. The Bertz CT molecular complexity index is 4250.